The summed E-state index contributed by atoms with van der Waals surface area (Å²) in [6, 6.07) is 11.8. The predicted octanol–water partition coefficient (Wildman–Crippen LogP) is 4.95. The number of carbonyl (C=O) groups is 1. The number of ether oxygens (including phenoxy) is 2. The van der Waals surface area contributed by atoms with Gasteiger partial charge in [0.1, 0.15) is 11.6 Å². The summed E-state index contributed by atoms with van der Waals surface area (Å²) in [4.78, 5) is 12.4. The summed E-state index contributed by atoms with van der Waals surface area (Å²) in [5.41, 5.74) is 0.799. The van der Waals surface area contributed by atoms with Gasteiger partial charge in [0, 0.05) is 10.6 Å². The Bertz CT molecular complexity index is 889. The zero-order chi connectivity index (χ0) is 19.1. The second-order valence-electron chi connectivity index (χ2n) is 5.06. The topological polar surface area (TPSA) is 71.3 Å². The van der Waals surface area contributed by atoms with E-state index in [2.05, 4.69) is 5.32 Å². The van der Waals surface area contributed by atoms with E-state index < -0.39 is 5.91 Å². The van der Waals surface area contributed by atoms with Gasteiger partial charge in [-0.1, -0.05) is 35.3 Å². The SMILES string of the molecule is CCOc1cccc(/C=C(\C#N)C(=O)Nc2ccc(Cl)cc2Cl)c1OC. The maximum Gasteiger partial charge on any atom is 0.266 e. The van der Waals surface area contributed by atoms with E-state index in [0.29, 0.717) is 34.4 Å². The van der Waals surface area contributed by atoms with Gasteiger partial charge >= 0.3 is 0 Å². The number of nitrogens with one attached hydrogen (secondary N) is 1. The van der Waals surface area contributed by atoms with Crippen molar-refractivity contribution >= 4 is 40.9 Å². The number of hydrogen-bond donors (Lipinski definition) is 1. The fourth-order valence-electron chi connectivity index (χ4n) is 2.22. The fourth-order valence-corrected chi connectivity index (χ4v) is 2.67. The van der Waals surface area contributed by atoms with Crippen molar-refractivity contribution in [2.45, 2.75) is 6.92 Å². The monoisotopic (exact) mass is 390 g/mol. The highest BCUT2D eigenvalue weighted by Gasteiger charge is 2.15. The van der Waals surface area contributed by atoms with Crippen LogP contribution in [0.1, 0.15) is 12.5 Å². The Morgan fingerprint density at radius 2 is 2.08 bits per heavy atom. The summed E-state index contributed by atoms with van der Waals surface area (Å²) < 4.78 is 10.9. The van der Waals surface area contributed by atoms with E-state index in [1.807, 2.05) is 13.0 Å². The fraction of sp³-hybridized carbons (Fsp3) is 0.158. The van der Waals surface area contributed by atoms with Crippen molar-refractivity contribution in [2.75, 3.05) is 19.0 Å². The number of para-hydroxylation sites is 1. The summed E-state index contributed by atoms with van der Waals surface area (Å²) in [5.74, 6) is 0.377. The van der Waals surface area contributed by atoms with Crippen LogP contribution in [0.5, 0.6) is 11.5 Å². The molecular formula is C19H16Cl2N2O3. The zero-order valence-corrected chi connectivity index (χ0v) is 15.7. The minimum Gasteiger partial charge on any atom is -0.492 e. The second-order valence-corrected chi connectivity index (χ2v) is 5.90. The first-order chi connectivity index (χ1) is 12.5. The summed E-state index contributed by atoms with van der Waals surface area (Å²) in [5, 5.41) is 12.7. The molecule has 1 N–H and O–H groups in total. The van der Waals surface area contributed by atoms with Crippen LogP contribution < -0.4 is 14.8 Å². The number of halogens is 2. The average molecular weight is 391 g/mol. The van der Waals surface area contributed by atoms with Crippen LogP contribution in [0.4, 0.5) is 5.69 Å². The number of anilines is 1. The summed E-state index contributed by atoms with van der Waals surface area (Å²) in [6.07, 6.45) is 1.43. The van der Waals surface area contributed by atoms with Crippen LogP contribution in [0, 0.1) is 11.3 Å². The third kappa shape index (κ3) is 4.69. The van der Waals surface area contributed by atoms with Crippen LogP contribution >= 0.6 is 23.2 Å². The number of hydrogen-bond acceptors (Lipinski definition) is 4. The first kappa shape index (κ1) is 19.6. The number of rotatable bonds is 6. The molecule has 0 aliphatic carbocycles. The lowest BCUT2D eigenvalue weighted by Crippen LogP contribution is -2.13. The van der Waals surface area contributed by atoms with Gasteiger partial charge in [0.15, 0.2) is 11.5 Å². The lowest BCUT2D eigenvalue weighted by atomic mass is 10.1. The van der Waals surface area contributed by atoms with E-state index in [1.165, 1.54) is 19.3 Å². The standard InChI is InChI=1S/C19H16Cl2N2O3/c1-3-26-17-6-4-5-12(18(17)25-2)9-13(11-22)19(24)23-16-8-7-14(20)10-15(16)21/h4-10H,3H2,1-2H3,(H,23,24)/b13-9+. The number of methoxy groups -OCH3 is 1. The molecule has 0 radical (unpaired) electrons. The maximum absolute atomic E-state index is 12.4. The van der Waals surface area contributed by atoms with Crippen molar-refractivity contribution in [3.63, 3.8) is 0 Å². The van der Waals surface area contributed by atoms with Gasteiger partial charge in [0.25, 0.3) is 5.91 Å². The van der Waals surface area contributed by atoms with Crippen LogP contribution in [0.3, 0.4) is 0 Å². The maximum atomic E-state index is 12.4. The summed E-state index contributed by atoms with van der Waals surface area (Å²) in [7, 11) is 1.49. The molecule has 0 aliphatic rings. The van der Waals surface area contributed by atoms with Crippen molar-refractivity contribution in [2.24, 2.45) is 0 Å². The van der Waals surface area contributed by atoms with Crippen LogP contribution in [0.2, 0.25) is 10.0 Å². The number of amides is 1. The second kappa shape index (κ2) is 9.14. The van der Waals surface area contributed by atoms with E-state index >= 15 is 0 Å². The van der Waals surface area contributed by atoms with E-state index in [1.54, 1.807) is 30.3 Å². The molecule has 26 heavy (non-hydrogen) atoms. The molecule has 0 unspecified atom stereocenters. The average Bonchev–Trinajstić information content (AvgIpc) is 2.62. The molecule has 0 aliphatic heterocycles. The Morgan fingerprint density at radius 3 is 2.69 bits per heavy atom. The molecule has 134 valence electrons. The van der Waals surface area contributed by atoms with E-state index in [-0.39, 0.29) is 10.6 Å². The van der Waals surface area contributed by atoms with Crippen LogP contribution in [-0.4, -0.2) is 19.6 Å². The highest BCUT2D eigenvalue weighted by atomic mass is 35.5. The highest BCUT2D eigenvalue weighted by Crippen LogP contribution is 2.33. The molecule has 5 nitrogen and oxygen atoms in total. The van der Waals surface area contributed by atoms with Crippen LogP contribution in [-0.2, 0) is 4.79 Å². The van der Waals surface area contributed by atoms with Gasteiger partial charge in [0.05, 0.1) is 24.4 Å². The zero-order valence-electron chi connectivity index (χ0n) is 14.2. The molecule has 2 rings (SSSR count). The van der Waals surface area contributed by atoms with Gasteiger partial charge in [-0.3, -0.25) is 4.79 Å². The van der Waals surface area contributed by atoms with E-state index in [9.17, 15) is 10.1 Å². The van der Waals surface area contributed by atoms with E-state index in [4.69, 9.17) is 32.7 Å². The normalized spacial score (nSPS) is 10.8. The summed E-state index contributed by atoms with van der Waals surface area (Å²) >= 11 is 11.9. The molecule has 0 fully saturated rings. The van der Waals surface area contributed by atoms with Gasteiger partial charge in [-0.25, -0.2) is 0 Å². The third-order valence-corrected chi connectivity index (χ3v) is 3.91. The molecule has 0 aromatic heterocycles. The molecule has 0 atom stereocenters. The lowest BCUT2D eigenvalue weighted by molar-refractivity contribution is -0.112. The summed E-state index contributed by atoms with van der Waals surface area (Å²) in [6.45, 7) is 2.32. The molecule has 2 aromatic carbocycles. The minimum absolute atomic E-state index is 0.108. The molecule has 2 aromatic rings. The van der Waals surface area contributed by atoms with Crippen LogP contribution in [0.25, 0.3) is 6.08 Å². The van der Waals surface area contributed by atoms with Gasteiger partial charge in [0.2, 0.25) is 0 Å². The Hall–Kier alpha value is -2.68. The van der Waals surface area contributed by atoms with Gasteiger partial charge < -0.3 is 14.8 Å². The molecule has 0 saturated carbocycles. The molecular weight excluding hydrogens is 375 g/mol. The quantitative estimate of drug-likeness (QED) is 0.559. The lowest BCUT2D eigenvalue weighted by Gasteiger charge is -2.12. The predicted molar refractivity (Wildman–Crippen MR) is 103 cm³/mol. The van der Waals surface area contributed by atoms with Crippen molar-refractivity contribution in [1.29, 1.82) is 5.26 Å². The molecule has 0 bridgehead atoms. The minimum atomic E-state index is -0.597. The number of carbonyl (C=O) groups excluding carboxylic acids is 1. The Balaban J connectivity index is 2.34. The molecule has 0 saturated heterocycles. The number of nitrogens with zero attached hydrogens (tertiary/aromatic N) is 1. The number of nitriles is 1. The van der Waals surface area contributed by atoms with E-state index in [0.717, 1.165) is 0 Å². The van der Waals surface area contributed by atoms with Crippen molar-refractivity contribution in [3.05, 3.63) is 57.6 Å². The van der Waals surface area contributed by atoms with Crippen molar-refractivity contribution in [3.8, 4) is 17.6 Å². The Kier molecular flexibility index (Phi) is 6.90. The highest BCUT2D eigenvalue weighted by molar-refractivity contribution is 6.36. The van der Waals surface area contributed by atoms with Crippen LogP contribution in [0.15, 0.2) is 42.0 Å². The van der Waals surface area contributed by atoms with Gasteiger partial charge in [-0.2, -0.15) is 5.26 Å². The largest absolute Gasteiger partial charge is 0.492 e. The van der Waals surface area contributed by atoms with Gasteiger partial charge in [-0.05, 0) is 37.3 Å². The molecule has 7 heteroatoms. The smallest absolute Gasteiger partial charge is 0.266 e. The molecule has 0 spiro atoms. The van der Waals surface area contributed by atoms with Crippen molar-refractivity contribution < 1.29 is 14.3 Å². The Labute approximate surface area is 161 Å². The van der Waals surface area contributed by atoms with Gasteiger partial charge in [-0.15, -0.1) is 0 Å². The first-order valence-corrected chi connectivity index (χ1v) is 8.43. The van der Waals surface area contributed by atoms with Crippen molar-refractivity contribution in [1.82, 2.24) is 0 Å². The first-order valence-electron chi connectivity index (χ1n) is 7.68. The third-order valence-electron chi connectivity index (χ3n) is 3.36. The Morgan fingerprint density at radius 1 is 1.31 bits per heavy atom. The molecule has 1 amide bonds. The molecule has 0 heterocycles. The number of benzene rings is 2.